The lowest BCUT2D eigenvalue weighted by Crippen LogP contribution is -2.14. The van der Waals surface area contributed by atoms with Crippen LogP contribution in [0.5, 0.6) is 11.5 Å². The zero-order valence-corrected chi connectivity index (χ0v) is 20.2. The van der Waals surface area contributed by atoms with E-state index in [9.17, 15) is 25.0 Å². The van der Waals surface area contributed by atoms with Crippen molar-refractivity contribution in [3.63, 3.8) is 0 Å². The molecule has 0 saturated heterocycles. The average molecular weight is 526 g/mol. The van der Waals surface area contributed by atoms with Crippen LogP contribution in [0, 0.1) is 21.4 Å². The Morgan fingerprint density at radius 1 is 1.08 bits per heavy atom. The van der Waals surface area contributed by atoms with Gasteiger partial charge in [-0.25, -0.2) is 4.79 Å². The van der Waals surface area contributed by atoms with Crippen LogP contribution < -0.4 is 14.8 Å². The number of carbonyl (C=O) groups excluding carboxylic acids is 2. The summed E-state index contributed by atoms with van der Waals surface area (Å²) in [4.78, 5) is 35.3. The van der Waals surface area contributed by atoms with Crippen molar-refractivity contribution in [1.82, 2.24) is 0 Å². The maximum absolute atomic E-state index is 12.6. The van der Waals surface area contributed by atoms with Crippen LogP contribution in [0.25, 0.3) is 6.08 Å². The number of ether oxygens (including phenoxy) is 2. The molecule has 0 radical (unpaired) electrons. The number of amides is 1. The summed E-state index contributed by atoms with van der Waals surface area (Å²) in [5, 5.41) is 23.2. The molecule has 0 bridgehead atoms. The maximum Gasteiger partial charge on any atom is 0.343 e. The van der Waals surface area contributed by atoms with E-state index in [0.29, 0.717) is 16.1 Å². The molecule has 1 amide bonds. The minimum absolute atomic E-state index is 0.0553. The van der Waals surface area contributed by atoms with Crippen molar-refractivity contribution >= 4 is 52.5 Å². The second-order valence-electron chi connectivity index (χ2n) is 7.08. The van der Waals surface area contributed by atoms with Crippen molar-refractivity contribution in [3.8, 4) is 17.6 Å². The molecule has 0 aliphatic rings. The molecule has 0 aromatic heterocycles. The normalized spacial score (nSPS) is 10.8. The van der Waals surface area contributed by atoms with Gasteiger partial charge in [-0.3, -0.25) is 14.9 Å². The number of hydrogen-bond donors (Lipinski definition) is 1. The van der Waals surface area contributed by atoms with Crippen LogP contribution in [0.4, 0.5) is 11.4 Å². The van der Waals surface area contributed by atoms with Crippen LogP contribution in [0.2, 0.25) is 10.0 Å². The molecule has 182 valence electrons. The lowest BCUT2D eigenvalue weighted by atomic mass is 10.1. The van der Waals surface area contributed by atoms with Gasteiger partial charge in [0.1, 0.15) is 11.6 Å². The van der Waals surface area contributed by atoms with Gasteiger partial charge < -0.3 is 14.8 Å². The number of anilines is 1. The van der Waals surface area contributed by atoms with Gasteiger partial charge in [0.2, 0.25) is 0 Å². The zero-order valence-electron chi connectivity index (χ0n) is 18.7. The fraction of sp³-hybridized carbons (Fsp3) is 0.0800. The lowest BCUT2D eigenvalue weighted by Gasteiger charge is -2.12. The first kappa shape index (κ1) is 26.2. The smallest absolute Gasteiger partial charge is 0.343 e. The summed E-state index contributed by atoms with van der Waals surface area (Å²) < 4.78 is 11.0. The third-order valence-corrected chi connectivity index (χ3v) is 5.20. The van der Waals surface area contributed by atoms with Crippen LogP contribution in [0.3, 0.4) is 0 Å². The zero-order chi connectivity index (χ0) is 26.2. The maximum atomic E-state index is 12.6. The highest BCUT2D eigenvalue weighted by molar-refractivity contribution is 6.34. The molecule has 3 rings (SSSR count). The van der Waals surface area contributed by atoms with Crippen molar-refractivity contribution in [2.24, 2.45) is 0 Å². The highest BCUT2D eigenvalue weighted by atomic mass is 35.5. The minimum Gasteiger partial charge on any atom is -0.490 e. The standard InChI is InChI=1S/C25H17Cl2N3O6/c1-2-35-23-12-15(3-10-22(23)36-25(32)16-4-6-18(26)7-5-16)11-17(14-28)24(31)29-21-9-8-19(30(33)34)13-20(21)27/h3-13H,2H2,1H3,(H,29,31)/b17-11-. The topological polar surface area (TPSA) is 132 Å². The van der Waals surface area contributed by atoms with Gasteiger partial charge in [0, 0.05) is 17.2 Å². The molecule has 0 aliphatic carbocycles. The van der Waals surface area contributed by atoms with E-state index in [1.54, 1.807) is 25.1 Å². The Morgan fingerprint density at radius 2 is 1.81 bits per heavy atom. The monoisotopic (exact) mass is 525 g/mol. The van der Waals surface area contributed by atoms with Crippen LogP contribution in [-0.4, -0.2) is 23.4 Å². The molecule has 0 spiro atoms. The van der Waals surface area contributed by atoms with E-state index in [-0.39, 0.29) is 40.1 Å². The Kier molecular flexibility index (Phi) is 8.62. The summed E-state index contributed by atoms with van der Waals surface area (Å²) >= 11 is 11.9. The van der Waals surface area contributed by atoms with Crippen LogP contribution in [0.1, 0.15) is 22.8 Å². The number of non-ortho nitro benzene ring substituents is 1. The Morgan fingerprint density at radius 3 is 2.42 bits per heavy atom. The predicted molar refractivity (Wildman–Crippen MR) is 134 cm³/mol. The van der Waals surface area contributed by atoms with E-state index in [0.717, 1.165) is 6.07 Å². The van der Waals surface area contributed by atoms with Gasteiger partial charge in [-0.05, 0) is 61.0 Å². The average Bonchev–Trinajstić information content (AvgIpc) is 2.85. The summed E-state index contributed by atoms with van der Waals surface area (Å²) in [5.74, 6) is -1.02. The van der Waals surface area contributed by atoms with E-state index in [1.807, 2.05) is 0 Å². The molecule has 0 atom stereocenters. The molecule has 11 heteroatoms. The number of nitrogens with zero attached hydrogens (tertiary/aromatic N) is 2. The van der Waals surface area contributed by atoms with Gasteiger partial charge >= 0.3 is 5.97 Å². The molecule has 3 aromatic rings. The molecule has 0 unspecified atom stereocenters. The van der Waals surface area contributed by atoms with E-state index >= 15 is 0 Å². The molecular formula is C25H17Cl2N3O6. The highest BCUT2D eigenvalue weighted by Gasteiger charge is 2.16. The van der Waals surface area contributed by atoms with Gasteiger partial charge in [-0.15, -0.1) is 0 Å². The molecule has 3 aromatic carbocycles. The second-order valence-corrected chi connectivity index (χ2v) is 7.92. The van der Waals surface area contributed by atoms with Crippen molar-refractivity contribution in [2.45, 2.75) is 6.92 Å². The Bertz CT molecular complexity index is 1400. The number of nitro groups is 1. The van der Waals surface area contributed by atoms with E-state index < -0.39 is 16.8 Å². The van der Waals surface area contributed by atoms with E-state index in [4.69, 9.17) is 32.7 Å². The first-order valence-corrected chi connectivity index (χ1v) is 11.1. The van der Waals surface area contributed by atoms with Gasteiger partial charge in [0.15, 0.2) is 11.5 Å². The largest absolute Gasteiger partial charge is 0.490 e. The number of hydrogen-bond acceptors (Lipinski definition) is 7. The Hall–Kier alpha value is -4.39. The summed E-state index contributed by atoms with van der Waals surface area (Å²) in [6, 6.07) is 16.0. The number of nitro benzene ring substituents is 1. The lowest BCUT2D eigenvalue weighted by molar-refractivity contribution is -0.384. The van der Waals surface area contributed by atoms with Crippen LogP contribution >= 0.6 is 23.2 Å². The van der Waals surface area contributed by atoms with Gasteiger partial charge in [0.25, 0.3) is 11.6 Å². The van der Waals surface area contributed by atoms with Crippen molar-refractivity contribution in [2.75, 3.05) is 11.9 Å². The number of esters is 1. The molecule has 0 aliphatic heterocycles. The second kappa shape index (κ2) is 11.8. The summed E-state index contributed by atoms with van der Waals surface area (Å²) in [6.07, 6.45) is 1.31. The molecule has 0 fully saturated rings. The number of nitrogens with one attached hydrogen (secondary N) is 1. The Balaban J connectivity index is 1.82. The number of benzene rings is 3. The molecule has 0 saturated carbocycles. The summed E-state index contributed by atoms with van der Waals surface area (Å²) in [7, 11) is 0. The third-order valence-electron chi connectivity index (χ3n) is 4.64. The molecular weight excluding hydrogens is 509 g/mol. The number of rotatable bonds is 8. The molecule has 36 heavy (non-hydrogen) atoms. The predicted octanol–water partition coefficient (Wildman–Crippen LogP) is 6.07. The van der Waals surface area contributed by atoms with E-state index in [1.165, 1.54) is 48.5 Å². The van der Waals surface area contributed by atoms with Crippen molar-refractivity contribution < 1.29 is 24.0 Å². The highest BCUT2D eigenvalue weighted by Crippen LogP contribution is 2.31. The van der Waals surface area contributed by atoms with Crippen LogP contribution in [-0.2, 0) is 4.79 Å². The SMILES string of the molecule is CCOc1cc(/C=C(/C#N)C(=O)Nc2ccc([N+](=O)[O-])cc2Cl)ccc1OC(=O)c1ccc(Cl)cc1. The van der Waals surface area contributed by atoms with Gasteiger partial charge in [0.05, 0.1) is 27.8 Å². The van der Waals surface area contributed by atoms with Gasteiger partial charge in [-0.1, -0.05) is 29.3 Å². The third kappa shape index (κ3) is 6.60. The number of carbonyl (C=O) groups is 2. The first-order valence-electron chi connectivity index (χ1n) is 10.3. The summed E-state index contributed by atoms with van der Waals surface area (Å²) in [5.41, 5.74) is 0.311. The van der Waals surface area contributed by atoms with Crippen LogP contribution in [0.15, 0.2) is 66.2 Å². The molecule has 0 heterocycles. The molecule has 9 nitrogen and oxygen atoms in total. The van der Waals surface area contributed by atoms with Crippen molar-refractivity contribution in [3.05, 3.63) is 97.5 Å². The minimum atomic E-state index is -0.774. The number of nitriles is 1. The molecule has 1 N–H and O–H groups in total. The number of halogens is 2. The fourth-order valence-corrected chi connectivity index (χ4v) is 3.28. The Labute approximate surface area is 215 Å². The fourth-order valence-electron chi connectivity index (χ4n) is 2.94. The van der Waals surface area contributed by atoms with Crippen molar-refractivity contribution in [1.29, 1.82) is 5.26 Å². The van der Waals surface area contributed by atoms with E-state index in [2.05, 4.69) is 5.32 Å². The van der Waals surface area contributed by atoms with Gasteiger partial charge in [-0.2, -0.15) is 5.26 Å². The summed E-state index contributed by atoms with van der Waals surface area (Å²) in [6.45, 7) is 2.01. The quantitative estimate of drug-likeness (QED) is 0.0942. The first-order chi connectivity index (χ1) is 17.2.